The van der Waals surface area contributed by atoms with Gasteiger partial charge in [0.15, 0.2) is 5.76 Å². The minimum Gasteiger partial charge on any atom is -0.477 e. The molecule has 4 heterocycles. The first-order valence-electron chi connectivity index (χ1n) is 9.17. The Hall–Kier alpha value is -2.34. The molecular formula is C20H24N2O4. The van der Waals surface area contributed by atoms with Crippen LogP contribution >= 0.6 is 0 Å². The van der Waals surface area contributed by atoms with E-state index in [1.807, 2.05) is 36.1 Å². The molecule has 26 heavy (non-hydrogen) atoms. The van der Waals surface area contributed by atoms with E-state index in [0.29, 0.717) is 31.3 Å². The van der Waals surface area contributed by atoms with Gasteiger partial charge in [-0.25, -0.2) is 4.98 Å². The minimum absolute atomic E-state index is 0.0562. The zero-order chi connectivity index (χ0) is 18.0. The fourth-order valence-corrected chi connectivity index (χ4v) is 4.03. The summed E-state index contributed by atoms with van der Waals surface area (Å²) < 4.78 is 17.6. The molecule has 138 valence electrons. The molecule has 2 aromatic rings. The number of hydrogen-bond acceptors (Lipinski definition) is 5. The number of amides is 1. The van der Waals surface area contributed by atoms with Crippen LogP contribution in [-0.2, 0) is 4.74 Å². The second kappa shape index (κ2) is 7.11. The van der Waals surface area contributed by atoms with Crippen molar-refractivity contribution in [2.24, 2.45) is 5.41 Å². The van der Waals surface area contributed by atoms with Gasteiger partial charge in [-0.1, -0.05) is 6.07 Å². The van der Waals surface area contributed by atoms with Gasteiger partial charge in [-0.2, -0.15) is 0 Å². The van der Waals surface area contributed by atoms with Crippen molar-refractivity contribution in [1.29, 1.82) is 0 Å². The highest BCUT2D eigenvalue weighted by Gasteiger charge is 2.48. The van der Waals surface area contributed by atoms with Gasteiger partial charge < -0.3 is 18.8 Å². The molecule has 0 saturated carbocycles. The Morgan fingerprint density at radius 2 is 2.31 bits per heavy atom. The Morgan fingerprint density at radius 3 is 3.08 bits per heavy atom. The summed E-state index contributed by atoms with van der Waals surface area (Å²) in [4.78, 5) is 19.0. The molecule has 0 N–H and O–H groups in total. The van der Waals surface area contributed by atoms with E-state index in [-0.39, 0.29) is 17.4 Å². The summed E-state index contributed by atoms with van der Waals surface area (Å²) in [5.41, 5.74) is -0.203. The fraction of sp³-hybridized carbons (Fsp3) is 0.500. The van der Waals surface area contributed by atoms with E-state index in [1.165, 1.54) is 0 Å². The van der Waals surface area contributed by atoms with Crippen LogP contribution in [0.2, 0.25) is 0 Å². The first-order valence-corrected chi connectivity index (χ1v) is 9.17. The van der Waals surface area contributed by atoms with E-state index < -0.39 is 0 Å². The van der Waals surface area contributed by atoms with Crippen LogP contribution < -0.4 is 4.74 Å². The van der Waals surface area contributed by atoms with Crippen molar-refractivity contribution in [3.8, 4) is 5.88 Å². The molecule has 2 saturated heterocycles. The predicted molar refractivity (Wildman–Crippen MR) is 95.1 cm³/mol. The molecule has 2 fully saturated rings. The van der Waals surface area contributed by atoms with Crippen LogP contribution in [0.15, 0.2) is 40.9 Å². The maximum Gasteiger partial charge on any atom is 0.289 e. The first-order chi connectivity index (χ1) is 12.7. The molecule has 6 nitrogen and oxygen atoms in total. The lowest BCUT2D eigenvalue weighted by atomic mass is 9.73. The van der Waals surface area contributed by atoms with Gasteiger partial charge in [0.1, 0.15) is 5.76 Å². The second-order valence-corrected chi connectivity index (χ2v) is 7.21. The molecule has 2 atom stereocenters. The van der Waals surface area contributed by atoms with E-state index in [9.17, 15) is 4.79 Å². The van der Waals surface area contributed by atoms with Crippen molar-refractivity contribution < 1.29 is 18.7 Å². The van der Waals surface area contributed by atoms with Crippen LogP contribution in [-0.4, -0.2) is 48.2 Å². The van der Waals surface area contributed by atoms with Crippen molar-refractivity contribution in [2.45, 2.75) is 32.3 Å². The summed E-state index contributed by atoms with van der Waals surface area (Å²) in [6, 6.07) is 9.20. The number of nitrogens with zero attached hydrogens (tertiary/aromatic N) is 2. The van der Waals surface area contributed by atoms with Crippen LogP contribution in [0, 0.1) is 12.3 Å². The van der Waals surface area contributed by atoms with Crippen molar-refractivity contribution in [3.05, 3.63) is 48.0 Å². The lowest BCUT2D eigenvalue weighted by Crippen LogP contribution is -2.58. The number of fused-ring (bicyclic) bond motifs is 1. The molecule has 0 aliphatic carbocycles. The summed E-state index contributed by atoms with van der Waals surface area (Å²) in [7, 11) is 0. The number of ether oxygens (including phenoxy) is 2. The molecule has 2 aromatic heterocycles. The minimum atomic E-state index is -0.203. The van der Waals surface area contributed by atoms with Crippen LogP contribution in [0.25, 0.3) is 0 Å². The van der Waals surface area contributed by atoms with Gasteiger partial charge in [-0.15, -0.1) is 0 Å². The number of likely N-dealkylation sites (tertiary alicyclic amines) is 1. The number of piperidine rings is 1. The number of aromatic nitrogens is 1. The summed E-state index contributed by atoms with van der Waals surface area (Å²) >= 11 is 0. The molecule has 0 bridgehead atoms. The number of carbonyl (C=O) groups is 1. The summed E-state index contributed by atoms with van der Waals surface area (Å²) in [6.45, 7) is 4.41. The molecule has 6 heteroatoms. The molecule has 2 aliphatic rings. The highest BCUT2D eigenvalue weighted by Crippen LogP contribution is 2.41. The molecule has 0 radical (unpaired) electrons. The largest absolute Gasteiger partial charge is 0.477 e. The van der Waals surface area contributed by atoms with Crippen LogP contribution in [0.4, 0.5) is 0 Å². The van der Waals surface area contributed by atoms with Gasteiger partial charge in [0.2, 0.25) is 5.88 Å². The third kappa shape index (κ3) is 3.33. The number of carbonyl (C=O) groups excluding carboxylic acids is 1. The summed E-state index contributed by atoms with van der Waals surface area (Å²) in [6.07, 6.45) is 4.60. The lowest BCUT2D eigenvalue weighted by molar-refractivity contribution is -0.133. The zero-order valence-electron chi connectivity index (χ0n) is 15.0. The van der Waals surface area contributed by atoms with Crippen LogP contribution in [0.5, 0.6) is 5.88 Å². The fourth-order valence-electron chi connectivity index (χ4n) is 4.03. The van der Waals surface area contributed by atoms with E-state index >= 15 is 0 Å². The Morgan fingerprint density at radius 1 is 1.38 bits per heavy atom. The van der Waals surface area contributed by atoms with Gasteiger partial charge >= 0.3 is 0 Å². The molecule has 4 rings (SSSR count). The molecule has 0 aromatic carbocycles. The Labute approximate surface area is 153 Å². The molecule has 0 spiro atoms. The SMILES string of the molecule is Cc1ccc(C(=O)N2CCC3OCCCC3(COc3ccccn3)C2)o1. The van der Waals surface area contributed by atoms with Crippen LogP contribution in [0.1, 0.15) is 35.6 Å². The predicted octanol–water partition coefficient (Wildman–Crippen LogP) is 3.07. The molecule has 2 aliphatic heterocycles. The number of furan rings is 1. The van der Waals surface area contributed by atoms with Gasteiger partial charge in [-0.05, 0) is 44.4 Å². The number of pyridine rings is 1. The number of rotatable bonds is 4. The Kier molecular flexibility index (Phi) is 4.68. The van der Waals surface area contributed by atoms with Crippen molar-refractivity contribution in [2.75, 3.05) is 26.3 Å². The standard InChI is InChI=1S/C20H24N2O4/c1-15-6-7-16(26-15)19(23)22-11-8-17-20(13-22,9-4-12-24-17)14-25-18-5-2-3-10-21-18/h2-3,5-7,10,17H,4,8-9,11-14H2,1H3. The van der Waals surface area contributed by atoms with E-state index in [2.05, 4.69) is 4.98 Å². The summed E-state index contributed by atoms with van der Waals surface area (Å²) in [5.74, 6) is 1.70. The lowest BCUT2D eigenvalue weighted by Gasteiger charge is -2.49. The maximum atomic E-state index is 12.8. The third-order valence-corrected chi connectivity index (χ3v) is 5.37. The Balaban J connectivity index is 1.51. The maximum absolute atomic E-state index is 12.8. The second-order valence-electron chi connectivity index (χ2n) is 7.21. The first kappa shape index (κ1) is 17.1. The van der Waals surface area contributed by atoms with Gasteiger partial charge in [0.05, 0.1) is 12.7 Å². The van der Waals surface area contributed by atoms with Crippen molar-refractivity contribution in [3.63, 3.8) is 0 Å². The highest BCUT2D eigenvalue weighted by molar-refractivity contribution is 5.91. The zero-order valence-corrected chi connectivity index (χ0v) is 15.0. The van der Waals surface area contributed by atoms with Gasteiger partial charge in [0, 0.05) is 37.4 Å². The topological polar surface area (TPSA) is 64.8 Å². The quantitative estimate of drug-likeness (QED) is 0.842. The van der Waals surface area contributed by atoms with E-state index in [1.54, 1.807) is 12.3 Å². The van der Waals surface area contributed by atoms with Crippen molar-refractivity contribution in [1.82, 2.24) is 9.88 Å². The number of hydrogen-bond donors (Lipinski definition) is 0. The van der Waals surface area contributed by atoms with Gasteiger partial charge in [-0.3, -0.25) is 4.79 Å². The highest BCUT2D eigenvalue weighted by atomic mass is 16.5. The normalized spacial score (nSPS) is 25.6. The molecular weight excluding hydrogens is 332 g/mol. The van der Waals surface area contributed by atoms with E-state index in [4.69, 9.17) is 13.9 Å². The number of aryl methyl sites for hydroxylation is 1. The molecule has 1 amide bonds. The smallest absolute Gasteiger partial charge is 0.289 e. The Bertz CT molecular complexity index is 760. The summed E-state index contributed by atoms with van der Waals surface area (Å²) in [5, 5.41) is 0. The van der Waals surface area contributed by atoms with E-state index in [0.717, 1.165) is 31.6 Å². The monoisotopic (exact) mass is 356 g/mol. The van der Waals surface area contributed by atoms with Crippen molar-refractivity contribution >= 4 is 5.91 Å². The van der Waals surface area contributed by atoms with Gasteiger partial charge in [0.25, 0.3) is 5.91 Å². The molecule has 2 unspecified atom stereocenters. The third-order valence-electron chi connectivity index (χ3n) is 5.37. The van der Waals surface area contributed by atoms with Crippen LogP contribution in [0.3, 0.4) is 0 Å². The average molecular weight is 356 g/mol. The average Bonchev–Trinajstić information content (AvgIpc) is 3.12.